The van der Waals surface area contributed by atoms with E-state index in [1.807, 2.05) is 0 Å². The topological polar surface area (TPSA) is 0 Å². The Kier molecular flexibility index (Phi) is 8.56. The fourth-order valence-corrected chi connectivity index (χ4v) is 12.5. The summed E-state index contributed by atoms with van der Waals surface area (Å²) in [5, 5.41) is 0. The second-order valence-electron chi connectivity index (χ2n) is 2.35. The number of halogens is 7. The fourth-order valence-electron chi connectivity index (χ4n) is 0.692. The van der Waals surface area contributed by atoms with Gasteiger partial charge in [0.25, 0.3) is 14.8 Å². The van der Waals surface area contributed by atoms with Gasteiger partial charge >= 0.3 is 6.00 Å². The second-order valence-corrected chi connectivity index (χ2v) is 20.4. The van der Waals surface area contributed by atoms with Gasteiger partial charge in [-0.2, -0.15) is 0 Å². The van der Waals surface area contributed by atoms with Crippen LogP contribution in [0.5, 0.6) is 0 Å². The van der Waals surface area contributed by atoms with Gasteiger partial charge in [0, 0.05) is 0 Å². The van der Waals surface area contributed by atoms with Gasteiger partial charge in [0.15, 0.2) is 0 Å². The van der Waals surface area contributed by atoms with Gasteiger partial charge in [-0.15, -0.1) is 77.6 Å². The molecule has 0 spiro atoms. The lowest BCUT2D eigenvalue weighted by Gasteiger charge is -2.18. The van der Waals surface area contributed by atoms with E-state index in [4.69, 9.17) is 77.6 Å². The molecule has 2 radical (unpaired) electrons. The molecule has 10 heteroatoms. The maximum absolute atomic E-state index is 5.81. The first-order valence-corrected chi connectivity index (χ1v) is 15.7. The minimum atomic E-state index is -2.68. The van der Waals surface area contributed by atoms with E-state index < -0.39 is 20.8 Å². The monoisotopic (exact) mass is 370 g/mol. The van der Waals surface area contributed by atoms with Gasteiger partial charge in [0.05, 0.1) is 0 Å². The number of hydrogen-bond acceptors (Lipinski definition) is 0. The molecule has 0 aromatic rings. The molecule has 0 saturated carbocycles. The van der Waals surface area contributed by atoms with Crippen LogP contribution < -0.4 is 0 Å². The van der Waals surface area contributed by atoms with Gasteiger partial charge in [-0.25, -0.2) is 0 Å². The van der Waals surface area contributed by atoms with E-state index in [1.54, 1.807) is 0 Å². The smallest absolute Gasteiger partial charge is 0.147 e. The van der Waals surface area contributed by atoms with Gasteiger partial charge in [-0.1, -0.05) is 0 Å². The van der Waals surface area contributed by atoms with Gasteiger partial charge in [-0.05, 0) is 17.6 Å². The molecule has 78 valence electrons. The molecule has 0 saturated heterocycles. The number of rotatable bonds is 5. The van der Waals surface area contributed by atoms with Crippen LogP contribution >= 0.6 is 77.6 Å². The highest BCUT2D eigenvalue weighted by atomic mass is 35.8. The SMILES string of the molecule is Cl[Si](Cl)CC(C[Si](Cl)(Cl)Cl)[Si](Cl)Cl. The summed E-state index contributed by atoms with van der Waals surface area (Å²) in [6.45, 7) is 0. The third-order valence-corrected chi connectivity index (χ3v) is 8.95. The summed E-state index contributed by atoms with van der Waals surface area (Å²) in [7, 11) is -2.92. The van der Waals surface area contributed by atoms with Crippen molar-refractivity contribution < 1.29 is 0 Å². The molecule has 0 aromatic heterocycles. The summed E-state index contributed by atoms with van der Waals surface area (Å²) in [5.74, 6) is 0. The van der Waals surface area contributed by atoms with Gasteiger partial charge in [0.2, 0.25) is 0 Å². The van der Waals surface area contributed by atoms with Gasteiger partial charge in [-0.3, -0.25) is 0 Å². The predicted octanol–water partition coefficient (Wildman–Crippen LogP) is 4.94. The van der Waals surface area contributed by atoms with Gasteiger partial charge in [0.1, 0.15) is 0 Å². The van der Waals surface area contributed by atoms with Crippen LogP contribution in [0.15, 0.2) is 0 Å². The molecule has 0 aliphatic carbocycles. The molecule has 13 heavy (non-hydrogen) atoms. The minimum absolute atomic E-state index is 0.0172. The molecule has 0 heterocycles. The average molecular weight is 374 g/mol. The largest absolute Gasteiger partial charge is 0.341 e. The number of hydrogen-bond donors (Lipinski definition) is 0. The average Bonchev–Trinajstić information content (AvgIpc) is 1.81. The maximum atomic E-state index is 5.81. The van der Waals surface area contributed by atoms with Crippen molar-refractivity contribution in [2.24, 2.45) is 0 Å². The molecule has 0 N–H and O–H groups in total. The molecule has 0 nitrogen and oxygen atoms in total. The Balaban J connectivity index is 4.11. The molecule has 1 atom stereocenters. The fraction of sp³-hybridized carbons (Fsp3) is 1.00. The standard InChI is InChI=1S/C3H5Cl7Si3/c4-11(5)1-3(12(6)7)2-13(8,9)10/h3H,1-2H2. The second kappa shape index (κ2) is 7.09. The van der Waals surface area contributed by atoms with E-state index in [1.165, 1.54) is 0 Å². The Labute approximate surface area is 115 Å². The predicted molar refractivity (Wildman–Crippen MR) is 71.6 cm³/mol. The Bertz CT molecular complexity index is 144. The molecular formula is C3H5Cl7Si3. The van der Waals surface area contributed by atoms with E-state index in [0.717, 1.165) is 0 Å². The quantitative estimate of drug-likeness (QED) is 0.473. The Morgan fingerprint density at radius 1 is 1.00 bits per heavy atom. The van der Waals surface area contributed by atoms with E-state index >= 15 is 0 Å². The first-order chi connectivity index (χ1) is 5.72. The summed E-state index contributed by atoms with van der Waals surface area (Å²) >= 11 is 40.3. The van der Waals surface area contributed by atoms with E-state index in [-0.39, 0.29) is 5.54 Å². The summed E-state index contributed by atoms with van der Waals surface area (Å²) in [5.41, 5.74) is -0.0172. The van der Waals surface area contributed by atoms with Crippen molar-refractivity contribution in [2.75, 3.05) is 0 Å². The summed E-state index contributed by atoms with van der Waals surface area (Å²) in [6, 6.07) is -1.66. The lowest BCUT2D eigenvalue weighted by atomic mass is 10.5. The van der Waals surface area contributed by atoms with Crippen LogP contribution in [0.25, 0.3) is 0 Å². The Hall–Kier alpha value is 2.68. The van der Waals surface area contributed by atoms with E-state index in [9.17, 15) is 0 Å². The zero-order chi connectivity index (χ0) is 10.6. The van der Waals surface area contributed by atoms with Gasteiger partial charge < -0.3 is 0 Å². The van der Waals surface area contributed by atoms with Crippen molar-refractivity contribution in [1.82, 2.24) is 0 Å². The summed E-state index contributed by atoms with van der Waals surface area (Å²) in [6.07, 6.45) is 0. The normalized spacial score (nSPS) is 15.5. The zero-order valence-corrected chi connectivity index (χ0v) is 14.4. The van der Waals surface area contributed by atoms with Crippen molar-refractivity contribution in [2.45, 2.75) is 17.6 Å². The molecule has 0 fully saturated rings. The van der Waals surface area contributed by atoms with E-state index in [2.05, 4.69) is 0 Å². The Morgan fingerprint density at radius 2 is 1.46 bits per heavy atom. The first-order valence-electron chi connectivity index (χ1n) is 3.14. The summed E-state index contributed by atoms with van der Waals surface area (Å²) in [4.78, 5) is 0. The molecule has 1 unspecified atom stereocenters. The third-order valence-electron chi connectivity index (χ3n) is 1.19. The molecule has 0 amide bonds. The van der Waals surface area contributed by atoms with Crippen molar-refractivity contribution in [1.29, 1.82) is 0 Å². The van der Waals surface area contributed by atoms with Crippen molar-refractivity contribution in [3.8, 4) is 0 Å². The first kappa shape index (κ1) is 15.7. The highest BCUT2D eigenvalue weighted by Gasteiger charge is 2.35. The maximum Gasteiger partial charge on any atom is 0.341 e. The molecule has 0 aromatic carbocycles. The van der Waals surface area contributed by atoms with Crippen LogP contribution in [0.1, 0.15) is 0 Å². The van der Waals surface area contributed by atoms with Crippen LogP contribution in [0.4, 0.5) is 0 Å². The van der Waals surface area contributed by atoms with Crippen molar-refractivity contribution >= 4 is 98.4 Å². The molecule has 0 aliphatic heterocycles. The lowest BCUT2D eigenvalue weighted by molar-refractivity contribution is 1.04. The summed E-state index contributed by atoms with van der Waals surface area (Å²) < 4.78 is 0. The minimum Gasteiger partial charge on any atom is -0.147 e. The third kappa shape index (κ3) is 9.60. The molecule has 0 aliphatic rings. The molecule has 0 bridgehead atoms. The Morgan fingerprint density at radius 3 is 1.69 bits per heavy atom. The van der Waals surface area contributed by atoms with Crippen LogP contribution in [0.3, 0.4) is 0 Å². The molecule has 0 rings (SSSR count). The van der Waals surface area contributed by atoms with Crippen LogP contribution in [-0.4, -0.2) is 20.8 Å². The van der Waals surface area contributed by atoms with Crippen LogP contribution in [0.2, 0.25) is 17.6 Å². The van der Waals surface area contributed by atoms with Crippen LogP contribution in [-0.2, 0) is 0 Å². The highest BCUT2D eigenvalue weighted by molar-refractivity contribution is 7.65. The lowest BCUT2D eigenvalue weighted by Crippen LogP contribution is -2.20. The molecular weight excluding hydrogens is 368 g/mol. The van der Waals surface area contributed by atoms with Crippen molar-refractivity contribution in [3.63, 3.8) is 0 Å². The highest BCUT2D eigenvalue weighted by Crippen LogP contribution is 2.39. The van der Waals surface area contributed by atoms with E-state index in [0.29, 0.717) is 12.1 Å². The van der Waals surface area contributed by atoms with Crippen LogP contribution in [0, 0.1) is 0 Å². The van der Waals surface area contributed by atoms with Crippen molar-refractivity contribution in [3.05, 3.63) is 0 Å². The zero-order valence-electron chi connectivity index (χ0n) is 6.14.